The monoisotopic (exact) mass is 240 g/mol. The Kier molecular flexibility index (Phi) is 5.45. The summed E-state index contributed by atoms with van der Waals surface area (Å²) in [4.78, 5) is 23.5. The van der Waals surface area contributed by atoms with Gasteiger partial charge in [0.05, 0.1) is 0 Å². The summed E-state index contributed by atoms with van der Waals surface area (Å²) < 4.78 is 0. The highest BCUT2D eigenvalue weighted by Gasteiger charge is 2.27. The number of carbonyl (C=O) groups is 2. The molecule has 0 aromatic heterocycles. The summed E-state index contributed by atoms with van der Waals surface area (Å²) >= 11 is 0. The molecule has 1 rings (SSSR count). The molecule has 2 N–H and O–H groups in total. The van der Waals surface area contributed by atoms with Gasteiger partial charge in [0.15, 0.2) is 0 Å². The lowest BCUT2D eigenvalue weighted by molar-refractivity contribution is -0.132. The van der Waals surface area contributed by atoms with Crippen LogP contribution in [0.2, 0.25) is 0 Å². The molecule has 0 saturated heterocycles. The molecule has 0 spiro atoms. The minimum Gasteiger partial charge on any atom is -0.352 e. The fraction of sp³-hybridized carbons (Fsp3) is 0.846. The molecule has 1 aliphatic rings. The van der Waals surface area contributed by atoms with Gasteiger partial charge >= 0.3 is 0 Å². The number of hydrogen-bond donors (Lipinski definition) is 2. The zero-order chi connectivity index (χ0) is 12.8. The molecule has 0 radical (unpaired) electrons. The Morgan fingerprint density at radius 1 is 1.18 bits per heavy atom. The van der Waals surface area contributed by atoms with Gasteiger partial charge in [0, 0.05) is 12.0 Å². The van der Waals surface area contributed by atoms with Crippen LogP contribution < -0.4 is 10.6 Å². The average Bonchev–Trinajstić information content (AvgIpc) is 2.22. The molecule has 98 valence electrons. The minimum absolute atomic E-state index is 0.0310. The first-order valence-electron chi connectivity index (χ1n) is 6.69. The second kappa shape index (κ2) is 6.62. The maximum atomic E-state index is 11.8. The molecule has 1 saturated carbocycles. The first-order chi connectivity index (χ1) is 8.08. The van der Waals surface area contributed by atoms with Crippen molar-refractivity contribution in [2.45, 2.75) is 65.0 Å². The van der Waals surface area contributed by atoms with Crippen LogP contribution in [-0.2, 0) is 9.59 Å². The standard InChI is InChI=1S/C13H24N2O2/c1-4-11(5-2)15-12(16)9(3)14-13(17)10-7-6-8-10/h9-11H,4-8H2,1-3H3,(H,14,17)(H,15,16)/t9-/m0/s1. The van der Waals surface area contributed by atoms with Crippen LogP contribution in [0, 0.1) is 5.92 Å². The van der Waals surface area contributed by atoms with Crippen molar-refractivity contribution < 1.29 is 9.59 Å². The van der Waals surface area contributed by atoms with E-state index in [9.17, 15) is 9.59 Å². The minimum atomic E-state index is -0.427. The summed E-state index contributed by atoms with van der Waals surface area (Å²) in [6.45, 7) is 5.84. The van der Waals surface area contributed by atoms with Gasteiger partial charge in [-0.3, -0.25) is 9.59 Å². The fourth-order valence-electron chi connectivity index (χ4n) is 1.89. The van der Waals surface area contributed by atoms with Gasteiger partial charge in [0.2, 0.25) is 11.8 Å². The third-order valence-electron chi connectivity index (χ3n) is 3.56. The van der Waals surface area contributed by atoms with E-state index < -0.39 is 6.04 Å². The number of amides is 2. The van der Waals surface area contributed by atoms with Crippen molar-refractivity contribution in [2.24, 2.45) is 5.92 Å². The maximum absolute atomic E-state index is 11.8. The van der Waals surface area contributed by atoms with E-state index in [1.807, 2.05) is 13.8 Å². The Balaban J connectivity index is 2.32. The van der Waals surface area contributed by atoms with Gasteiger partial charge < -0.3 is 10.6 Å². The van der Waals surface area contributed by atoms with E-state index in [0.717, 1.165) is 32.1 Å². The van der Waals surface area contributed by atoms with Crippen molar-refractivity contribution in [1.29, 1.82) is 0 Å². The summed E-state index contributed by atoms with van der Waals surface area (Å²) in [6.07, 6.45) is 4.91. The smallest absolute Gasteiger partial charge is 0.242 e. The Morgan fingerprint density at radius 3 is 2.18 bits per heavy atom. The molecule has 0 heterocycles. The predicted octanol–water partition coefficient (Wildman–Crippen LogP) is 1.60. The van der Waals surface area contributed by atoms with Crippen molar-refractivity contribution in [1.82, 2.24) is 10.6 Å². The van der Waals surface area contributed by atoms with Gasteiger partial charge in [-0.25, -0.2) is 0 Å². The first kappa shape index (κ1) is 14.0. The summed E-state index contributed by atoms with van der Waals surface area (Å²) in [7, 11) is 0. The van der Waals surface area contributed by atoms with Gasteiger partial charge in [0.25, 0.3) is 0 Å². The topological polar surface area (TPSA) is 58.2 Å². The van der Waals surface area contributed by atoms with Crippen molar-refractivity contribution >= 4 is 11.8 Å². The molecule has 0 bridgehead atoms. The third-order valence-corrected chi connectivity index (χ3v) is 3.56. The highest BCUT2D eigenvalue weighted by molar-refractivity contribution is 5.88. The number of carbonyl (C=O) groups excluding carboxylic acids is 2. The Labute approximate surface area is 104 Å². The van der Waals surface area contributed by atoms with Crippen LogP contribution in [0.5, 0.6) is 0 Å². The predicted molar refractivity (Wildman–Crippen MR) is 67.5 cm³/mol. The van der Waals surface area contributed by atoms with Crippen molar-refractivity contribution in [3.8, 4) is 0 Å². The van der Waals surface area contributed by atoms with Gasteiger partial charge in [-0.15, -0.1) is 0 Å². The van der Waals surface area contributed by atoms with E-state index in [0.29, 0.717) is 0 Å². The molecule has 2 amide bonds. The van der Waals surface area contributed by atoms with E-state index in [4.69, 9.17) is 0 Å². The summed E-state index contributed by atoms with van der Waals surface area (Å²) in [5.74, 6) is 0.0909. The zero-order valence-corrected chi connectivity index (χ0v) is 11.1. The Bertz CT molecular complexity index is 271. The van der Waals surface area contributed by atoms with Crippen molar-refractivity contribution in [3.05, 3.63) is 0 Å². The largest absolute Gasteiger partial charge is 0.352 e. The number of hydrogen-bond acceptors (Lipinski definition) is 2. The Hall–Kier alpha value is -1.06. The normalized spacial score (nSPS) is 17.4. The first-order valence-corrected chi connectivity index (χ1v) is 6.69. The lowest BCUT2D eigenvalue weighted by Crippen LogP contribution is -2.49. The summed E-state index contributed by atoms with van der Waals surface area (Å²) in [5, 5.41) is 5.73. The van der Waals surface area contributed by atoms with Crippen molar-refractivity contribution in [2.75, 3.05) is 0 Å². The second-order valence-corrected chi connectivity index (χ2v) is 4.88. The quantitative estimate of drug-likeness (QED) is 0.741. The van der Waals surface area contributed by atoms with E-state index >= 15 is 0 Å². The van der Waals surface area contributed by atoms with Gasteiger partial charge in [-0.2, -0.15) is 0 Å². The Morgan fingerprint density at radius 2 is 1.76 bits per heavy atom. The van der Waals surface area contributed by atoms with E-state index in [-0.39, 0.29) is 23.8 Å². The molecule has 4 heteroatoms. The van der Waals surface area contributed by atoms with Crippen molar-refractivity contribution in [3.63, 3.8) is 0 Å². The lowest BCUT2D eigenvalue weighted by Gasteiger charge is -2.26. The highest BCUT2D eigenvalue weighted by atomic mass is 16.2. The second-order valence-electron chi connectivity index (χ2n) is 4.88. The summed E-state index contributed by atoms with van der Waals surface area (Å²) in [6, 6.07) is -0.214. The third kappa shape index (κ3) is 4.02. The molecular weight excluding hydrogens is 216 g/mol. The molecule has 1 aliphatic carbocycles. The van der Waals surface area contributed by atoms with E-state index in [2.05, 4.69) is 10.6 Å². The molecule has 0 aromatic rings. The molecule has 1 fully saturated rings. The van der Waals surface area contributed by atoms with E-state index in [1.54, 1.807) is 6.92 Å². The lowest BCUT2D eigenvalue weighted by atomic mass is 9.84. The van der Waals surface area contributed by atoms with Crippen LogP contribution in [0.15, 0.2) is 0 Å². The fourth-order valence-corrected chi connectivity index (χ4v) is 1.89. The highest BCUT2D eigenvalue weighted by Crippen LogP contribution is 2.26. The average molecular weight is 240 g/mol. The molecule has 0 aliphatic heterocycles. The molecule has 1 atom stereocenters. The maximum Gasteiger partial charge on any atom is 0.242 e. The van der Waals surface area contributed by atoms with Crippen LogP contribution in [0.1, 0.15) is 52.9 Å². The molecular formula is C13H24N2O2. The number of rotatable bonds is 6. The van der Waals surface area contributed by atoms with Gasteiger partial charge in [-0.05, 0) is 32.6 Å². The molecule has 0 unspecified atom stereocenters. The van der Waals surface area contributed by atoms with Crippen LogP contribution in [0.4, 0.5) is 0 Å². The summed E-state index contributed by atoms with van der Waals surface area (Å²) in [5.41, 5.74) is 0. The number of nitrogens with one attached hydrogen (secondary N) is 2. The SMILES string of the molecule is CCC(CC)NC(=O)[C@H](C)NC(=O)C1CCC1. The van der Waals surface area contributed by atoms with Crippen LogP contribution in [0.3, 0.4) is 0 Å². The van der Waals surface area contributed by atoms with Crippen LogP contribution in [0.25, 0.3) is 0 Å². The van der Waals surface area contributed by atoms with Gasteiger partial charge in [-0.1, -0.05) is 20.3 Å². The zero-order valence-electron chi connectivity index (χ0n) is 11.1. The van der Waals surface area contributed by atoms with Gasteiger partial charge in [0.1, 0.15) is 6.04 Å². The van der Waals surface area contributed by atoms with Crippen LogP contribution in [-0.4, -0.2) is 23.9 Å². The molecule has 17 heavy (non-hydrogen) atoms. The molecule has 0 aromatic carbocycles. The van der Waals surface area contributed by atoms with Crippen LogP contribution >= 0.6 is 0 Å². The van der Waals surface area contributed by atoms with E-state index in [1.165, 1.54) is 0 Å². The molecule has 4 nitrogen and oxygen atoms in total.